The Labute approximate surface area is 168 Å². The van der Waals surface area contributed by atoms with Gasteiger partial charge in [0.2, 0.25) is 0 Å². The van der Waals surface area contributed by atoms with Gasteiger partial charge in [-0.2, -0.15) is 8.78 Å². The quantitative estimate of drug-likeness (QED) is 0.765. The molecule has 0 aromatic heterocycles. The number of carbonyl (C=O) groups is 1. The second-order valence-electron chi connectivity index (χ2n) is 7.70. The summed E-state index contributed by atoms with van der Waals surface area (Å²) in [6.45, 7) is -0.683. The Morgan fingerprint density at radius 3 is 2.52 bits per heavy atom. The normalized spacial score (nSPS) is 24.0. The lowest BCUT2D eigenvalue weighted by atomic mass is 9.89. The molecular formula is C22H24F2N2O3. The molecule has 7 heteroatoms. The summed E-state index contributed by atoms with van der Waals surface area (Å²) in [5.41, 5.74) is 1.58. The topological polar surface area (TPSA) is 42.0 Å². The molecule has 2 fully saturated rings. The molecular weight excluding hydrogens is 378 g/mol. The van der Waals surface area contributed by atoms with E-state index >= 15 is 0 Å². The molecule has 3 atom stereocenters. The van der Waals surface area contributed by atoms with Crippen molar-refractivity contribution < 1.29 is 23.0 Å². The largest absolute Gasteiger partial charge is 0.497 e. The number of likely N-dealkylation sites (tertiary alicyclic amines) is 2. The number of rotatable bonds is 5. The summed E-state index contributed by atoms with van der Waals surface area (Å²) in [5, 5.41) is 0. The second-order valence-corrected chi connectivity index (χ2v) is 7.70. The van der Waals surface area contributed by atoms with E-state index in [4.69, 9.17) is 4.74 Å². The summed E-state index contributed by atoms with van der Waals surface area (Å²) in [5.74, 6) is 1.39. The van der Waals surface area contributed by atoms with E-state index in [9.17, 15) is 13.6 Å². The summed E-state index contributed by atoms with van der Waals surface area (Å²) >= 11 is 0. The number of carbonyl (C=O) groups excluding carboxylic acids is 1. The number of benzene rings is 2. The smallest absolute Gasteiger partial charge is 0.387 e. The average Bonchev–Trinajstić information content (AvgIpc) is 3.24. The monoisotopic (exact) mass is 402 g/mol. The molecule has 1 amide bonds. The molecule has 4 rings (SSSR count). The summed E-state index contributed by atoms with van der Waals surface area (Å²) in [6.07, 6.45) is 0. The van der Waals surface area contributed by atoms with Crippen LogP contribution in [0.2, 0.25) is 0 Å². The fourth-order valence-electron chi connectivity index (χ4n) is 4.71. The van der Waals surface area contributed by atoms with Gasteiger partial charge in [-0.05, 0) is 48.9 Å². The molecule has 154 valence electrons. The molecule has 2 aliphatic rings. The van der Waals surface area contributed by atoms with Crippen molar-refractivity contribution in [1.29, 1.82) is 0 Å². The number of nitrogens with zero attached hydrogens (tertiary/aromatic N) is 2. The lowest BCUT2D eigenvalue weighted by molar-refractivity contribution is -0.0499. The Morgan fingerprint density at radius 2 is 1.83 bits per heavy atom. The number of alkyl halides is 2. The number of amides is 1. The van der Waals surface area contributed by atoms with Crippen LogP contribution in [-0.2, 0) is 0 Å². The molecule has 2 aliphatic heterocycles. The van der Waals surface area contributed by atoms with Crippen LogP contribution in [0.4, 0.5) is 8.78 Å². The van der Waals surface area contributed by atoms with Crippen molar-refractivity contribution in [3.63, 3.8) is 0 Å². The Kier molecular flexibility index (Phi) is 5.41. The maximum atomic E-state index is 13.0. The average molecular weight is 402 g/mol. The minimum atomic E-state index is -2.91. The first-order valence-corrected chi connectivity index (χ1v) is 9.64. The maximum Gasteiger partial charge on any atom is 0.387 e. The first-order chi connectivity index (χ1) is 14.0. The van der Waals surface area contributed by atoms with E-state index in [-0.39, 0.29) is 17.7 Å². The highest BCUT2D eigenvalue weighted by atomic mass is 19.3. The highest BCUT2D eigenvalue weighted by Gasteiger charge is 2.47. The predicted octanol–water partition coefficient (Wildman–Crippen LogP) is 3.67. The number of ether oxygens (including phenoxy) is 2. The highest BCUT2D eigenvalue weighted by molar-refractivity contribution is 5.94. The minimum absolute atomic E-state index is 0.00100. The Hall–Kier alpha value is -2.67. The number of hydrogen-bond acceptors (Lipinski definition) is 4. The van der Waals surface area contributed by atoms with E-state index in [1.807, 2.05) is 17.0 Å². The summed E-state index contributed by atoms with van der Waals surface area (Å²) in [7, 11) is 3.76. The van der Waals surface area contributed by atoms with Crippen LogP contribution in [-0.4, -0.2) is 56.1 Å². The molecule has 0 aliphatic carbocycles. The first kappa shape index (κ1) is 19.6. The first-order valence-electron chi connectivity index (χ1n) is 9.64. The third-order valence-corrected chi connectivity index (χ3v) is 5.95. The van der Waals surface area contributed by atoms with Gasteiger partial charge in [-0.15, -0.1) is 0 Å². The standard InChI is InChI=1S/C22H24F2N2O3/c1-25-11-16-12-26(21(27)15-4-3-5-18(10-15)29-22(23)24)13-19(16)20(25)14-6-8-17(28-2)9-7-14/h3-10,16,19-20,22H,11-13H2,1-2H3/t16-,19+,20+/m0/s1. The second kappa shape index (κ2) is 7.99. The molecule has 0 unspecified atom stereocenters. The van der Waals surface area contributed by atoms with Crippen molar-refractivity contribution in [3.05, 3.63) is 59.7 Å². The van der Waals surface area contributed by atoms with Crippen molar-refractivity contribution in [1.82, 2.24) is 9.80 Å². The van der Waals surface area contributed by atoms with Crippen LogP contribution in [0.25, 0.3) is 0 Å². The molecule has 5 nitrogen and oxygen atoms in total. The Bertz CT molecular complexity index is 875. The predicted molar refractivity (Wildman–Crippen MR) is 104 cm³/mol. The molecule has 0 saturated carbocycles. The zero-order valence-electron chi connectivity index (χ0n) is 16.4. The molecule has 0 N–H and O–H groups in total. The SMILES string of the molecule is COc1ccc([C@@H]2[C@@H]3CN(C(=O)c4cccc(OC(F)F)c4)C[C@@H]3CN2C)cc1. The van der Waals surface area contributed by atoms with Crippen molar-refractivity contribution in [2.75, 3.05) is 33.8 Å². The van der Waals surface area contributed by atoms with E-state index < -0.39 is 6.61 Å². The lowest BCUT2D eigenvalue weighted by Crippen LogP contribution is -2.33. The molecule has 0 radical (unpaired) electrons. The molecule has 2 saturated heterocycles. The van der Waals surface area contributed by atoms with Crippen LogP contribution in [0.3, 0.4) is 0 Å². The third kappa shape index (κ3) is 3.92. The van der Waals surface area contributed by atoms with Gasteiger partial charge in [-0.1, -0.05) is 18.2 Å². The Morgan fingerprint density at radius 1 is 1.07 bits per heavy atom. The number of methoxy groups -OCH3 is 1. The van der Waals surface area contributed by atoms with Gasteiger partial charge >= 0.3 is 6.61 Å². The van der Waals surface area contributed by atoms with E-state index in [0.29, 0.717) is 30.5 Å². The van der Waals surface area contributed by atoms with E-state index in [1.165, 1.54) is 17.7 Å². The van der Waals surface area contributed by atoms with Crippen LogP contribution in [0.15, 0.2) is 48.5 Å². The molecule has 2 heterocycles. The molecule has 29 heavy (non-hydrogen) atoms. The van der Waals surface area contributed by atoms with Crippen LogP contribution in [0.1, 0.15) is 22.0 Å². The van der Waals surface area contributed by atoms with Gasteiger partial charge in [0.1, 0.15) is 11.5 Å². The fraction of sp³-hybridized carbons (Fsp3) is 0.409. The highest BCUT2D eigenvalue weighted by Crippen LogP contribution is 2.44. The molecule has 2 aromatic rings. The molecule has 0 bridgehead atoms. The van der Waals surface area contributed by atoms with Crippen LogP contribution in [0.5, 0.6) is 11.5 Å². The fourth-order valence-corrected chi connectivity index (χ4v) is 4.71. The maximum absolute atomic E-state index is 13.0. The van der Waals surface area contributed by atoms with Gasteiger partial charge in [0.25, 0.3) is 5.91 Å². The zero-order valence-corrected chi connectivity index (χ0v) is 16.4. The summed E-state index contributed by atoms with van der Waals surface area (Å²) < 4.78 is 34.6. The van der Waals surface area contributed by atoms with Gasteiger partial charge in [0, 0.05) is 37.2 Å². The molecule has 2 aromatic carbocycles. The minimum Gasteiger partial charge on any atom is -0.497 e. The van der Waals surface area contributed by atoms with Gasteiger partial charge in [0.05, 0.1) is 7.11 Å². The van der Waals surface area contributed by atoms with Gasteiger partial charge in [-0.3, -0.25) is 9.69 Å². The van der Waals surface area contributed by atoms with Gasteiger partial charge in [-0.25, -0.2) is 0 Å². The Balaban J connectivity index is 1.50. The van der Waals surface area contributed by atoms with Gasteiger partial charge in [0.15, 0.2) is 0 Å². The van der Waals surface area contributed by atoms with Crippen LogP contribution >= 0.6 is 0 Å². The van der Waals surface area contributed by atoms with Crippen molar-refractivity contribution in [2.45, 2.75) is 12.7 Å². The van der Waals surface area contributed by atoms with Crippen molar-refractivity contribution in [2.24, 2.45) is 11.8 Å². The third-order valence-electron chi connectivity index (χ3n) is 5.95. The van der Waals surface area contributed by atoms with Crippen molar-refractivity contribution >= 4 is 5.91 Å². The van der Waals surface area contributed by atoms with Crippen molar-refractivity contribution in [3.8, 4) is 11.5 Å². The lowest BCUT2D eigenvalue weighted by Gasteiger charge is -2.27. The number of fused-ring (bicyclic) bond motifs is 1. The number of halogens is 2. The summed E-state index contributed by atoms with van der Waals surface area (Å²) in [4.78, 5) is 17.2. The molecule has 0 spiro atoms. The number of hydrogen-bond donors (Lipinski definition) is 0. The van der Waals surface area contributed by atoms with Gasteiger partial charge < -0.3 is 14.4 Å². The van der Waals surface area contributed by atoms with E-state index in [1.54, 1.807) is 19.2 Å². The van der Waals surface area contributed by atoms with Crippen LogP contribution in [0, 0.1) is 11.8 Å². The van der Waals surface area contributed by atoms with E-state index in [0.717, 1.165) is 12.3 Å². The zero-order chi connectivity index (χ0) is 20.5. The van der Waals surface area contributed by atoms with Crippen LogP contribution < -0.4 is 9.47 Å². The summed E-state index contributed by atoms with van der Waals surface area (Å²) in [6, 6.07) is 14.3. The van der Waals surface area contributed by atoms with E-state index in [2.05, 4.69) is 28.8 Å².